The van der Waals surface area contributed by atoms with Crippen LogP contribution in [0.4, 0.5) is 0 Å². The second kappa shape index (κ2) is 8.79. The van der Waals surface area contributed by atoms with E-state index in [1.165, 1.54) is 11.3 Å². The van der Waals surface area contributed by atoms with Gasteiger partial charge in [0, 0.05) is 26.1 Å². The van der Waals surface area contributed by atoms with Crippen LogP contribution in [0.5, 0.6) is 0 Å². The molecule has 1 rings (SSSR count). The number of carbonyl (C=O) groups is 2. The minimum absolute atomic E-state index is 0.0219. The van der Waals surface area contributed by atoms with Crippen LogP contribution in [0.3, 0.4) is 0 Å². The van der Waals surface area contributed by atoms with Gasteiger partial charge in [0.25, 0.3) is 5.91 Å². The van der Waals surface area contributed by atoms with Crippen LogP contribution in [0.2, 0.25) is 0 Å². The summed E-state index contributed by atoms with van der Waals surface area (Å²) in [6.45, 7) is 5.17. The second-order valence-electron chi connectivity index (χ2n) is 5.75. The Kier molecular flexibility index (Phi) is 7.39. The predicted octanol–water partition coefficient (Wildman–Crippen LogP) is 1.78. The van der Waals surface area contributed by atoms with Gasteiger partial charge in [-0.15, -0.1) is 11.3 Å². The summed E-state index contributed by atoms with van der Waals surface area (Å²) < 4.78 is 0. The van der Waals surface area contributed by atoms with Gasteiger partial charge in [-0.3, -0.25) is 9.59 Å². The molecule has 1 heterocycles. The van der Waals surface area contributed by atoms with E-state index in [0.29, 0.717) is 37.2 Å². The zero-order chi connectivity index (χ0) is 15.7. The molecule has 0 saturated heterocycles. The Balaban J connectivity index is 2.12. The van der Waals surface area contributed by atoms with Crippen LogP contribution in [0, 0.1) is 5.41 Å². The Morgan fingerprint density at radius 2 is 2.10 bits per heavy atom. The minimum Gasteiger partial charge on any atom is -0.396 e. The number of thiophene rings is 1. The lowest BCUT2D eigenvalue weighted by atomic mass is 9.90. The molecule has 0 unspecified atom stereocenters. The summed E-state index contributed by atoms with van der Waals surface area (Å²) >= 11 is 1.40. The number of rotatable bonds is 9. The van der Waals surface area contributed by atoms with Crippen molar-refractivity contribution in [3.63, 3.8) is 0 Å². The highest BCUT2D eigenvalue weighted by Gasteiger charge is 2.17. The summed E-state index contributed by atoms with van der Waals surface area (Å²) in [7, 11) is 0. The quantitative estimate of drug-likeness (QED) is 0.608. The molecule has 1 aromatic heterocycles. The highest BCUT2D eigenvalue weighted by Crippen LogP contribution is 2.17. The Morgan fingerprint density at radius 3 is 2.71 bits per heavy atom. The van der Waals surface area contributed by atoms with E-state index in [2.05, 4.69) is 10.6 Å². The van der Waals surface area contributed by atoms with Crippen molar-refractivity contribution in [2.75, 3.05) is 19.7 Å². The van der Waals surface area contributed by atoms with Crippen LogP contribution in [-0.4, -0.2) is 36.6 Å². The number of hydrogen-bond acceptors (Lipinski definition) is 4. The molecule has 0 radical (unpaired) electrons. The van der Waals surface area contributed by atoms with Gasteiger partial charge in [0.05, 0.1) is 4.88 Å². The second-order valence-corrected chi connectivity index (χ2v) is 6.70. The number of aliphatic hydroxyl groups excluding tert-OH is 1. The van der Waals surface area contributed by atoms with E-state index in [9.17, 15) is 9.59 Å². The Bertz CT molecular complexity index is 444. The average molecular weight is 312 g/mol. The van der Waals surface area contributed by atoms with Crippen LogP contribution >= 0.6 is 11.3 Å². The molecular weight excluding hydrogens is 288 g/mol. The molecule has 0 saturated carbocycles. The van der Waals surface area contributed by atoms with Crippen molar-refractivity contribution < 1.29 is 14.7 Å². The number of hydrogen-bond donors (Lipinski definition) is 3. The van der Waals surface area contributed by atoms with E-state index in [4.69, 9.17) is 5.11 Å². The third kappa shape index (κ3) is 7.24. The fourth-order valence-electron chi connectivity index (χ4n) is 1.76. The molecule has 0 aliphatic rings. The first-order valence-electron chi connectivity index (χ1n) is 7.14. The van der Waals surface area contributed by atoms with Gasteiger partial charge in [0.15, 0.2) is 0 Å². The summed E-state index contributed by atoms with van der Waals surface area (Å²) in [5.74, 6) is -0.110. The van der Waals surface area contributed by atoms with Crippen molar-refractivity contribution >= 4 is 23.2 Å². The van der Waals surface area contributed by atoms with Crippen LogP contribution in [-0.2, 0) is 4.79 Å². The van der Waals surface area contributed by atoms with Crippen molar-refractivity contribution in [3.05, 3.63) is 22.4 Å². The normalized spacial score (nSPS) is 11.2. The lowest BCUT2D eigenvalue weighted by molar-refractivity contribution is -0.121. The third-order valence-electron chi connectivity index (χ3n) is 3.16. The molecule has 0 aromatic carbocycles. The van der Waals surface area contributed by atoms with E-state index in [1.807, 2.05) is 25.3 Å². The fraction of sp³-hybridized carbons (Fsp3) is 0.600. The number of carbonyl (C=O) groups excluding carboxylic acids is 2. The van der Waals surface area contributed by atoms with Crippen molar-refractivity contribution in [1.82, 2.24) is 10.6 Å². The Labute approximate surface area is 129 Å². The smallest absolute Gasteiger partial charge is 0.261 e. The van der Waals surface area contributed by atoms with Crippen LogP contribution in [0.1, 0.15) is 42.8 Å². The minimum atomic E-state index is -0.0994. The topological polar surface area (TPSA) is 78.4 Å². The molecule has 0 bridgehead atoms. The molecule has 0 atom stereocenters. The molecular formula is C15H24N2O3S. The van der Waals surface area contributed by atoms with Crippen molar-refractivity contribution in [1.29, 1.82) is 0 Å². The highest BCUT2D eigenvalue weighted by atomic mass is 32.1. The van der Waals surface area contributed by atoms with Crippen molar-refractivity contribution in [2.45, 2.75) is 33.1 Å². The SMILES string of the molecule is CC(C)(CCO)CNC(=O)CCCNC(=O)c1cccs1. The zero-order valence-corrected chi connectivity index (χ0v) is 13.5. The van der Waals surface area contributed by atoms with Gasteiger partial charge in [0.2, 0.25) is 5.91 Å². The highest BCUT2D eigenvalue weighted by molar-refractivity contribution is 7.12. The van der Waals surface area contributed by atoms with Crippen LogP contribution < -0.4 is 10.6 Å². The first-order valence-corrected chi connectivity index (χ1v) is 8.02. The standard InChI is InChI=1S/C15H24N2O3S/c1-15(2,7-9-18)11-17-13(19)6-3-8-16-14(20)12-5-4-10-21-12/h4-5,10,18H,3,6-9,11H2,1-2H3,(H,16,20)(H,17,19). The molecule has 5 nitrogen and oxygen atoms in total. The molecule has 0 aliphatic carbocycles. The lowest BCUT2D eigenvalue weighted by Crippen LogP contribution is -2.35. The van der Waals surface area contributed by atoms with E-state index in [0.717, 1.165) is 0 Å². The van der Waals surface area contributed by atoms with Gasteiger partial charge in [-0.2, -0.15) is 0 Å². The summed E-state index contributed by atoms with van der Waals surface area (Å²) in [4.78, 5) is 24.0. The van der Waals surface area contributed by atoms with Gasteiger partial charge in [-0.05, 0) is 29.7 Å². The molecule has 21 heavy (non-hydrogen) atoms. The summed E-state index contributed by atoms with van der Waals surface area (Å²) in [6.07, 6.45) is 1.66. The summed E-state index contributed by atoms with van der Waals surface area (Å²) in [6, 6.07) is 3.61. The van der Waals surface area contributed by atoms with E-state index in [1.54, 1.807) is 6.07 Å². The molecule has 1 aromatic rings. The molecule has 0 fully saturated rings. The first kappa shape index (κ1) is 17.7. The molecule has 3 N–H and O–H groups in total. The average Bonchev–Trinajstić information content (AvgIpc) is 2.95. The summed E-state index contributed by atoms with van der Waals surface area (Å²) in [5.41, 5.74) is -0.0994. The van der Waals surface area contributed by atoms with Crippen molar-refractivity contribution in [3.8, 4) is 0 Å². The number of amides is 2. The van der Waals surface area contributed by atoms with Gasteiger partial charge in [-0.25, -0.2) is 0 Å². The molecule has 2 amide bonds. The predicted molar refractivity (Wildman–Crippen MR) is 84.4 cm³/mol. The molecule has 0 spiro atoms. The van der Waals surface area contributed by atoms with Crippen LogP contribution in [0.15, 0.2) is 17.5 Å². The maximum atomic E-state index is 11.7. The lowest BCUT2D eigenvalue weighted by Gasteiger charge is -2.23. The molecule has 6 heteroatoms. The molecule has 118 valence electrons. The van der Waals surface area contributed by atoms with E-state index < -0.39 is 0 Å². The molecule has 0 aliphatic heterocycles. The Morgan fingerprint density at radius 1 is 1.33 bits per heavy atom. The van der Waals surface area contributed by atoms with E-state index >= 15 is 0 Å². The van der Waals surface area contributed by atoms with Crippen LogP contribution in [0.25, 0.3) is 0 Å². The summed E-state index contributed by atoms with van der Waals surface area (Å²) in [5, 5.41) is 16.4. The third-order valence-corrected chi connectivity index (χ3v) is 4.03. The zero-order valence-electron chi connectivity index (χ0n) is 12.6. The number of nitrogens with one attached hydrogen (secondary N) is 2. The monoisotopic (exact) mass is 312 g/mol. The van der Waals surface area contributed by atoms with Gasteiger partial charge >= 0.3 is 0 Å². The van der Waals surface area contributed by atoms with Gasteiger partial charge < -0.3 is 15.7 Å². The van der Waals surface area contributed by atoms with Gasteiger partial charge in [-0.1, -0.05) is 19.9 Å². The van der Waals surface area contributed by atoms with E-state index in [-0.39, 0.29) is 23.8 Å². The Hall–Kier alpha value is -1.40. The fourth-order valence-corrected chi connectivity index (χ4v) is 2.40. The largest absolute Gasteiger partial charge is 0.396 e. The maximum Gasteiger partial charge on any atom is 0.261 e. The number of aliphatic hydroxyl groups is 1. The maximum absolute atomic E-state index is 11.7. The van der Waals surface area contributed by atoms with Crippen molar-refractivity contribution in [2.24, 2.45) is 5.41 Å². The first-order chi connectivity index (χ1) is 9.94. The van der Waals surface area contributed by atoms with Gasteiger partial charge in [0.1, 0.15) is 0 Å².